The van der Waals surface area contributed by atoms with Crippen LogP contribution >= 0.6 is 11.3 Å². The normalized spacial score (nSPS) is 21.0. The summed E-state index contributed by atoms with van der Waals surface area (Å²) in [5.41, 5.74) is 3.90. The van der Waals surface area contributed by atoms with E-state index < -0.39 is 0 Å². The van der Waals surface area contributed by atoms with Gasteiger partial charge in [-0.2, -0.15) is 0 Å². The molecule has 8 heteroatoms. The maximum atomic E-state index is 12.5. The van der Waals surface area contributed by atoms with Gasteiger partial charge in [-0.05, 0) is 13.8 Å². The lowest BCUT2D eigenvalue weighted by molar-refractivity contribution is -0.134. The first-order valence-corrected chi connectivity index (χ1v) is 10.0. The van der Waals surface area contributed by atoms with Gasteiger partial charge in [0, 0.05) is 43.8 Å². The lowest BCUT2D eigenvalue weighted by Crippen LogP contribution is -2.41. The van der Waals surface area contributed by atoms with Crippen LogP contribution in [0.3, 0.4) is 0 Å². The van der Waals surface area contributed by atoms with Gasteiger partial charge in [-0.3, -0.25) is 9.69 Å². The first-order chi connectivity index (χ1) is 12.6. The second-order valence-electron chi connectivity index (χ2n) is 6.96. The monoisotopic (exact) mass is 375 g/mol. The van der Waals surface area contributed by atoms with Crippen molar-refractivity contribution in [1.29, 1.82) is 0 Å². The predicted molar refractivity (Wildman–Crippen MR) is 99.0 cm³/mol. The smallest absolute Gasteiger partial charge is 0.228 e. The van der Waals surface area contributed by atoms with Gasteiger partial charge in [-0.25, -0.2) is 9.97 Å². The van der Waals surface area contributed by atoms with Crippen molar-refractivity contribution in [2.24, 2.45) is 0 Å². The molecule has 0 N–H and O–H groups in total. The first kappa shape index (κ1) is 17.6. The van der Waals surface area contributed by atoms with Crippen molar-refractivity contribution in [3.05, 3.63) is 33.8 Å². The number of carbonyl (C=O) groups excluding carboxylic acids is 1. The van der Waals surface area contributed by atoms with E-state index >= 15 is 0 Å². The second kappa shape index (κ2) is 7.46. The SMILES string of the molecule is Cc1ncsc1CN1CCn2cc(CC(=O)N3CCOCC3)nc2[C@H]1C. The summed E-state index contributed by atoms with van der Waals surface area (Å²) in [5, 5.41) is 0. The van der Waals surface area contributed by atoms with E-state index in [2.05, 4.69) is 34.5 Å². The van der Waals surface area contributed by atoms with Crippen molar-refractivity contribution >= 4 is 17.2 Å². The number of amides is 1. The number of carbonyl (C=O) groups is 1. The number of aromatic nitrogens is 3. The summed E-state index contributed by atoms with van der Waals surface area (Å²) in [6, 6.07) is 0.234. The van der Waals surface area contributed by atoms with Crippen molar-refractivity contribution < 1.29 is 9.53 Å². The number of imidazole rings is 1. The number of thiazole rings is 1. The molecule has 4 heterocycles. The van der Waals surface area contributed by atoms with E-state index in [9.17, 15) is 4.79 Å². The predicted octanol–water partition coefficient (Wildman–Crippen LogP) is 1.63. The van der Waals surface area contributed by atoms with Crippen LogP contribution in [0.2, 0.25) is 0 Å². The van der Waals surface area contributed by atoms with Crippen LogP contribution in [0.5, 0.6) is 0 Å². The molecule has 0 radical (unpaired) electrons. The van der Waals surface area contributed by atoms with Crippen LogP contribution < -0.4 is 0 Å². The molecule has 1 fully saturated rings. The third kappa shape index (κ3) is 3.54. The minimum Gasteiger partial charge on any atom is -0.378 e. The molecule has 1 amide bonds. The fraction of sp³-hybridized carbons (Fsp3) is 0.611. The molecule has 4 rings (SSSR count). The summed E-state index contributed by atoms with van der Waals surface area (Å²) in [6.07, 6.45) is 2.43. The molecule has 1 saturated heterocycles. The zero-order valence-corrected chi connectivity index (χ0v) is 16.2. The number of hydrogen-bond acceptors (Lipinski definition) is 6. The fourth-order valence-corrected chi connectivity index (χ4v) is 4.44. The molecule has 2 aromatic heterocycles. The van der Waals surface area contributed by atoms with Gasteiger partial charge in [0.05, 0.1) is 42.6 Å². The zero-order valence-electron chi connectivity index (χ0n) is 15.3. The maximum absolute atomic E-state index is 12.5. The Morgan fingerprint density at radius 1 is 1.31 bits per heavy atom. The summed E-state index contributed by atoms with van der Waals surface area (Å²) in [4.78, 5) is 27.3. The van der Waals surface area contributed by atoms with E-state index in [0.717, 1.165) is 36.8 Å². The van der Waals surface area contributed by atoms with Gasteiger partial charge >= 0.3 is 0 Å². The zero-order chi connectivity index (χ0) is 18.1. The van der Waals surface area contributed by atoms with Crippen molar-refractivity contribution in [1.82, 2.24) is 24.3 Å². The Balaban J connectivity index is 1.44. The summed E-state index contributed by atoms with van der Waals surface area (Å²) < 4.78 is 7.53. The van der Waals surface area contributed by atoms with E-state index in [-0.39, 0.29) is 11.9 Å². The first-order valence-electron chi connectivity index (χ1n) is 9.16. The Kier molecular flexibility index (Phi) is 5.06. The van der Waals surface area contributed by atoms with Crippen LogP contribution in [0, 0.1) is 6.92 Å². The van der Waals surface area contributed by atoms with E-state index in [1.165, 1.54) is 4.88 Å². The highest BCUT2D eigenvalue weighted by molar-refractivity contribution is 7.09. The number of hydrogen-bond donors (Lipinski definition) is 0. The Labute approximate surface area is 157 Å². The molecule has 2 aromatic rings. The Hall–Kier alpha value is -1.77. The van der Waals surface area contributed by atoms with Crippen LogP contribution in [0.1, 0.15) is 35.1 Å². The molecule has 7 nitrogen and oxygen atoms in total. The minimum absolute atomic E-state index is 0.147. The van der Waals surface area contributed by atoms with E-state index in [1.54, 1.807) is 11.3 Å². The number of morpholine rings is 1. The Morgan fingerprint density at radius 3 is 2.85 bits per heavy atom. The van der Waals surface area contributed by atoms with E-state index in [1.807, 2.05) is 10.4 Å². The summed E-state index contributed by atoms with van der Waals surface area (Å²) in [6.45, 7) is 9.71. The molecule has 2 aliphatic heterocycles. The highest BCUT2D eigenvalue weighted by Gasteiger charge is 2.28. The Bertz CT molecular complexity index is 780. The average molecular weight is 375 g/mol. The van der Waals surface area contributed by atoms with Crippen molar-refractivity contribution in [3.8, 4) is 0 Å². The van der Waals surface area contributed by atoms with Gasteiger partial charge in [0.2, 0.25) is 5.91 Å². The minimum atomic E-state index is 0.147. The summed E-state index contributed by atoms with van der Waals surface area (Å²) >= 11 is 1.72. The standard InChI is InChI=1S/C18H25N5O2S/c1-13-16(26-12-19-13)11-22-3-4-23-10-15(20-18(23)14(22)2)9-17(24)21-5-7-25-8-6-21/h10,12,14H,3-9,11H2,1-2H3/t14-/m1/s1. The molecule has 0 aliphatic carbocycles. The van der Waals surface area contributed by atoms with Crippen molar-refractivity contribution in [3.63, 3.8) is 0 Å². The number of fused-ring (bicyclic) bond motifs is 1. The van der Waals surface area contributed by atoms with Gasteiger partial charge in [0.25, 0.3) is 0 Å². The molecule has 1 atom stereocenters. The molecule has 0 unspecified atom stereocenters. The van der Waals surface area contributed by atoms with Crippen molar-refractivity contribution in [2.45, 2.75) is 39.4 Å². The van der Waals surface area contributed by atoms with Crippen molar-refractivity contribution in [2.75, 3.05) is 32.8 Å². The lowest BCUT2D eigenvalue weighted by Gasteiger charge is -2.33. The third-order valence-corrected chi connectivity index (χ3v) is 6.21. The third-order valence-electron chi connectivity index (χ3n) is 5.29. The number of aryl methyl sites for hydroxylation is 1. The lowest BCUT2D eigenvalue weighted by atomic mass is 10.2. The highest BCUT2D eigenvalue weighted by atomic mass is 32.1. The molecule has 0 aromatic carbocycles. The van der Waals surface area contributed by atoms with Gasteiger partial charge in [0.1, 0.15) is 5.82 Å². The molecule has 140 valence electrons. The second-order valence-corrected chi connectivity index (χ2v) is 7.90. The van der Waals surface area contributed by atoms with Crippen LogP contribution in [0.4, 0.5) is 0 Å². The highest BCUT2D eigenvalue weighted by Crippen LogP contribution is 2.28. The van der Waals surface area contributed by atoms with Crippen LogP contribution in [0.15, 0.2) is 11.7 Å². The van der Waals surface area contributed by atoms with Crippen LogP contribution in [-0.4, -0.2) is 63.1 Å². The quantitative estimate of drug-likeness (QED) is 0.813. The van der Waals surface area contributed by atoms with Gasteiger partial charge < -0.3 is 14.2 Å². The molecular weight excluding hydrogens is 350 g/mol. The largest absolute Gasteiger partial charge is 0.378 e. The summed E-state index contributed by atoms with van der Waals surface area (Å²) in [7, 11) is 0. The van der Waals surface area contributed by atoms with E-state index in [4.69, 9.17) is 9.72 Å². The number of nitrogens with zero attached hydrogens (tertiary/aromatic N) is 5. The molecule has 0 spiro atoms. The fourth-order valence-electron chi connectivity index (χ4n) is 3.63. The number of rotatable bonds is 4. The van der Waals surface area contributed by atoms with E-state index in [0.29, 0.717) is 32.7 Å². The van der Waals surface area contributed by atoms with Crippen LogP contribution in [-0.2, 0) is 29.0 Å². The number of ether oxygens (including phenoxy) is 1. The topological polar surface area (TPSA) is 63.5 Å². The molecule has 26 heavy (non-hydrogen) atoms. The van der Waals surface area contributed by atoms with Gasteiger partial charge in [-0.1, -0.05) is 0 Å². The maximum Gasteiger partial charge on any atom is 0.228 e. The van der Waals surface area contributed by atoms with Gasteiger partial charge in [0.15, 0.2) is 0 Å². The van der Waals surface area contributed by atoms with Crippen LogP contribution in [0.25, 0.3) is 0 Å². The molecule has 0 bridgehead atoms. The summed E-state index contributed by atoms with van der Waals surface area (Å²) in [5.74, 6) is 1.21. The van der Waals surface area contributed by atoms with Gasteiger partial charge in [-0.15, -0.1) is 11.3 Å². The average Bonchev–Trinajstić information content (AvgIpc) is 3.24. The molecular formula is C18H25N5O2S. The Morgan fingerprint density at radius 2 is 2.12 bits per heavy atom. The molecule has 0 saturated carbocycles. The molecule has 2 aliphatic rings.